The van der Waals surface area contributed by atoms with Crippen LogP contribution in [0.25, 0.3) is 0 Å². The van der Waals surface area contributed by atoms with Crippen LogP contribution in [-0.2, 0) is 23.7 Å². The quantitative estimate of drug-likeness (QED) is 0.371. The summed E-state index contributed by atoms with van der Waals surface area (Å²) in [6, 6.07) is 0. The van der Waals surface area contributed by atoms with Gasteiger partial charge in [-0.2, -0.15) is 0 Å². The molecule has 1 amide bonds. The minimum atomic E-state index is -0.593. The van der Waals surface area contributed by atoms with Crippen molar-refractivity contribution < 1.29 is 28.5 Å². The Morgan fingerprint density at radius 3 is 2.39 bits per heavy atom. The van der Waals surface area contributed by atoms with Crippen LogP contribution in [0.2, 0.25) is 0 Å². The van der Waals surface area contributed by atoms with Crippen molar-refractivity contribution in [2.24, 2.45) is 52.3 Å². The Balaban J connectivity index is 1.07. The summed E-state index contributed by atoms with van der Waals surface area (Å²) in [6.07, 6.45) is 11.3. The summed E-state index contributed by atoms with van der Waals surface area (Å²) < 4.78 is 24.6. The lowest BCUT2D eigenvalue weighted by molar-refractivity contribution is -0.273. The summed E-state index contributed by atoms with van der Waals surface area (Å²) in [5, 5.41) is 2.54. The highest BCUT2D eigenvalue weighted by atomic mass is 16.7. The van der Waals surface area contributed by atoms with E-state index in [0.717, 1.165) is 50.0 Å². The third kappa shape index (κ3) is 5.13. The van der Waals surface area contributed by atoms with E-state index in [0.29, 0.717) is 40.6 Å². The molecule has 7 heteroatoms. The molecule has 2 heterocycles. The first-order valence-electron chi connectivity index (χ1n) is 16.7. The van der Waals surface area contributed by atoms with E-state index in [1.807, 2.05) is 0 Å². The minimum absolute atomic E-state index is 0.0547. The number of rotatable bonds is 3. The molecule has 1 N–H and O–H groups in total. The molecule has 6 fully saturated rings. The van der Waals surface area contributed by atoms with Gasteiger partial charge in [0.2, 0.25) is 0 Å². The Kier molecular flexibility index (Phi) is 7.53. The van der Waals surface area contributed by atoms with Gasteiger partial charge in [0, 0.05) is 12.3 Å². The van der Waals surface area contributed by atoms with Crippen LogP contribution < -0.4 is 5.32 Å². The monoisotopic (exact) mass is 573 g/mol. The van der Waals surface area contributed by atoms with Crippen molar-refractivity contribution >= 4 is 12.1 Å². The van der Waals surface area contributed by atoms with Gasteiger partial charge in [-0.25, -0.2) is 4.79 Å². The average Bonchev–Trinajstić information content (AvgIpc) is 3.34. The molecule has 0 aromatic carbocycles. The zero-order valence-corrected chi connectivity index (χ0v) is 26.6. The third-order valence-corrected chi connectivity index (χ3v) is 13.0. The number of hydrogen-bond donors (Lipinski definition) is 1. The SMILES string of the molecule is C[C@H]1CC[C@@]2(OC1)O[C@H]1CC3C4CC[C@@H]5C[C@H](OC(=O)CNC(=O)OC(C)(C)C)CC[C@]5(C)C4CC[C@]3(C)[C@H]1[C@@H]2C. The van der Waals surface area contributed by atoms with Crippen LogP contribution in [0.1, 0.15) is 113 Å². The molecule has 6 aliphatic rings. The maximum atomic E-state index is 12.5. The number of carbonyl (C=O) groups excluding carboxylic acids is 2. The molecule has 0 radical (unpaired) electrons. The lowest BCUT2D eigenvalue weighted by Gasteiger charge is -2.61. The molecule has 0 aromatic heterocycles. The molecule has 3 unspecified atom stereocenters. The number of carbonyl (C=O) groups is 2. The fourth-order valence-electron chi connectivity index (χ4n) is 11.0. The van der Waals surface area contributed by atoms with E-state index in [2.05, 4.69) is 33.0 Å². The van der Waals surface area contributed by atoms with E-state index >= 15 is 0 Å². The first-order chi connectivity index (χ1) is 19.2. The summed E-state index contributed by atoms with van der Waals surface area (Å²) >= 11 is 0. The minimum Gasteiger partial charge on any atom is -0.461 e. The number of nitrogens with one attached hydrogen (secondary N) is 1. The van der Waals surface area contributed by atoms with Crippen LogP contribution >= 0.6 is 0 Å². The number of ether oxygens (including phenoxy) is 4. The van der Waals surface area contributed by atoms with Crippen LogP contribution in [0.4, 0.5) is 4.79 Å². The van der Waals surface area contributed by atoms with Crippen LogP contribution in [0.5, 0.6) is 0 Å². The predicted molar refractivity (Wildman–Crippen MR) is 156 cm³/mol. The largest absolute Gasteiger partial charge is 0.461 e. The van der Waals surface area contributed by atoms with E-state index in [4.69, 9.17) is 18.9 Å². The van der Waals surface area contributed by atoms with Crippen molar-refractivity contribution in [2.45, 2.75) is 136 Å². The third-order valence-electron chi connectivity index (χ3n) is 13.0. The molecule has 6 rings (SSSR count). The van der Waals surface area contributed by atoms with Crippen molar-refractivity contribution in [3.05, 3.63) is 0 Å². The normalized spacial score (nSPS) is 48.9. The number of alkyl carbamates (subject to hydrolysis) is 1. The Hall–Kier alpha value is -1.34. The molecule has 41 heavy (non-hydrogen) atoms. The molecule has 4 aliphatic carbocycles. The van der Waals surface area contributed by atoms with E-state index in [1.165, 1.54) is 38.5 Å². The molecular formula is C34H55NO6. The van der Waals surface area contributed by atoms with Gasteiger partial charge in [-0.1, -0.05) is 27.7 Å². The lowest BCUT2D eigenvalue weighted by atomic mass is 9.44. The fraction of sp³-hybridized carbons (Fsp3) is 0.941. The highest BCUT2D eigenvalue weighted by Crippen LogP contribution is 2.71. The smallest absolute Gasteiger partial charge is 0.408 e. The second-order valence-corrected chi connectivity index (χ2v) is 16.4. The van der Waals surface area contributed by atoms with E-state index in [-0.39, 0.29) is 24.4 Å². The standard InChI is InChI=1S/C34H55NO6/c1-20-10-15-34(38-19-20)21(2)29-27(40-34)17-26-24-9-8-22-16-23(39-28(36)18-35-30(37)41-31(3,4)5)11-13-32(22,6)25(24)12-14-33(26,29)7/h20-27,29H,8-19H2,1-7H3,(H,35,37)/t20-,21-,22+,23+,24?,25?,26?,27-,29-,32-,33-,34+/m0/s1. The van der Waals surface area contributed by atoms with Gasteiger partial charge in [-0.15, -0.1) is 0 Å². The second kappa shape index (κ2) is 10.4. The van der Waals surface area contributed by atoms with Gasteiger partial charge in [0.05, 0.1) is 12.7 Å². The van der Waals surface area contributed by atoms with Gasteiger partial charge in [-0.3, -0.25) is 4.79 Å². The predicted octanol–water partition coefficient (Wildman–Crippen LogP) is 6.87. The summed E-state index contributed by atoms with van der Waals surface area (Å²) in [6.45, 7) is 16.0. The van der Waals surface area contributed by atoms with Crippen molar-refractivity contribution in [2.75, 3.05) is 13.2 Å². The number of amides is 1. The number of hydrogen-bond acceptors (Lipinski definition) is 6. The molecule has 0 aromatic rings. The van der Waals surface area contributed by atoms with Crippen LogP contribution in [0.15, 0.2) is 0 Å². The summed E-state index contributed by atoms with van der Waals surface area (Å²) in [4.78, 5) is 24.5. The topological polar surface area (TPSA) is 83.1 Å². The van der Waals surface area contributed by atoms with Crippen LogP contribution in [0.3, 0.4) is 0 Å². The Morgan fingerprint density at radius 2 is 1.68 bits per heavy atom. The van der Waals surface area contributed by atoms with Gasteiger partial charge in [0.25, 0.3) is 0 Å². The van der Waals surface area contributed by atoms with Crippen molar-refractivity contribution in [3.8, 4) is 0 Å². The Bertz CT molecular complexity index is 1020. The van der Waals surface area contributed by atoms with Gasteiger partial charge < -0.3 is 24.3 Å². The molecule has 232 valence electrons. The van der Waals surface area contributed by atoms with E-state index < -0.39 is 11.7 Å². The summed E-state index contributed by atoms with van der Waals surface area (Å²) in [5.74, 6) is 3.86. The first-order valence-corrected chi connectivity index (χ1v) is 16.7. The maximum absolute atomic E-state index is 12.5. The van der Waals surface area contributed by atoms with Crippen molar-refractivity contribution in [1.29, 1.82) is 0 Å². The van der Waals surface area contributed by atoms with Crippen LogP contribution in [-0.4, -0.2) is 48.8 Å². The molecule has 4 saturated carbocycles. The molecule has 7 nitrogen and oxygen atoms in total. The molecule has 2 aliphatic heterocycles. The van der Waals surface area contributed by atoms with Gasteiger partial charge in [-0.05, 0) is 125 Å². The molecular weight excluding hydrogens is 518 g/mol. The zero-order chi connectivity index (χ0) is 29.4. The molecule has 12 atom stereocenters. The molecule has 0 bridgehead atoms. The van der Waals surface area contributed by atoms with Gasteiger partial charge >= 0.3 is 12.1 Å². The highest BCUT2D eigenvalue weighted by Gasteiger charge is 2.69. The zero-order valence-electron chi connectivity index (χ0n) is 26.6. The van der Waals surface area contributed by atoms with Crippen LogP contribution in [0, 0.1) is 52.3 Å². The first kappa shape index (κ1) is 29.7. The van der Waals surface area contributed by atoms with Crippen molar-refractivity contribution in [3.63, 3.8) is 0 Å². The Labute approximate surface area is 247 Å². The Morgan fingerprint density at radius 1 is 0.927 bits per heavy atom. The van der Waals surface area contributed by atoms with Gasteiger partial charge in [0.15, 0.2) is 5.79 Å². The van der Waals surface area contributed by atoms with Gasteiger partial charge in [0.1, 0.15) is 18.2 Å². The maximum Gasteiger partial charge on any atom is 0.408 e. The van der Waals surface area contributed by atoms with E-state index in [1.54, 1.807) is 20.8 Å². The number of esters is 1. The van der Waals surface area contributed by atoms with E-state index in [9.17, 15) is 9.59 Å². The van der Waals surface area contributed by atoms with Crippen molar-refractivity contribution in [1.82, 2.24) is 5.32 Å². The summed E-state index contributed by atoms with van der Waals surface area (Å²) in [7, 11) is 0. The average molecular weight is 574 g/mol. The summed E-state index contributed by atoms with van der Waals surface area (Å²) in [5.41, 5.74) is 0.0682. The lowest BCUT2D eigenvalue weighted by Crippen LogP contribution is -2.55. The number of fused-ring (bicyclic) bond motifs is 7. The highest BCUT2D eigenvalue weighted by molar-refractivity contribution is 5.78. The second-order valence-electron chi connectivity index (χ2n) is 16.4. The fourth-order valence-corrected chi connectivity index (χ4v) is 11.0. The molecule has 1 spiro atoms. The molecule has 2 saturated heterocycles.